The van der Waals surface area contributed by atoms with Gasteiger partial charge in [0.25, 0.3) is 0 Å². The average Bonchev–Trinajstić information content (AvgIpc) is 2.65. The first-order chi connectivity index (χ1) is 12.2. The number of rotatable bonds is 4. The van der Waals surface area contributed by atoms with E-state index in [-0.39, 0.29) is 6.03 Å². The van der Waals surface area contributed by atoms with Crippen LogP contribution in [0.1, 0.15) is 24.8 Å². The maximum atomic E-state index is 12.0. The highest BCUT2D eigenvalue weighted by atomic mass is 79.9. The summed E-state index contributed by atoms with van der Waals surface area (Å²) in [5.41, 5.74) is 3.03. The summed E-state index contributed by atoms with van der Waals surface area (Å²) in [6.45, 7) is 2.24. The number of benzene rings is 2. The van der Waals surface area contributed by atoms with Crippen LogP contribution in [0.15, 0.2) is 59.2 Å². The van der Waals surface area contributed by atoms with Crippen LogP contribution in [0.25, 0.3) is 6.08 Å². The van der Waals surface area contributed by atoms with E-state index in [0.29, 0.717) is 0 Å². The van der Waals surface area contributed by atoms with E-state index < -0.39 is 0 Å². The van der Waals surface area contributed by atoms with Crippen molar-refractivity contribution in [1.82, 2.24) is 5.32 Å². The van der Waals surface area contributed by atoms with Gasteiger partial charge in [0.05, 0.1) is 0 Å². The van der Waals surface area contributed by atoms with E-state index in [1.807, 2.05) is 42.5 Å². The number of piperidine rings is 1. The molecule has 130 valence electrons. The van der Waals surface area contributed by atoms with Gasteiger partial charge in [-0.3, -0.25) is 0 Å². The Bertz CT molecular complexity index is 720. The molecule has 4 nitrogen and oxygen atoms in total. The molecule has 0 spiro atoms. The lowest BCUT2D eigenvalue weighted by molar-refractivity contribution is 0.255. The molecular formula is C20H22BrN3O. The van der Waals surface area contributed by atoms with Crippen LogP contribution in [0.4, 0.5) is 16.2 Å². The molecule has 1 aliphatic rings. The van der Waals surface area contributed by atoms with E-state index in [9.17, 15) is 4.79 Å². The van der Waals surface area contributed by atoms with Gasteiger partial charge in [-0.15, -0.1) is 0 Å². The molecule has 1 heterocycles. The van der Waals surface area contributed by atoms with Crippen LogP contribution < -0.4 is 15.5 Å². The number of amides is 2. The smallest absolute Gasteiger partial charge is 0.323 e. The monoisotopic (exact) mass is 399 g/mol. The van der Waals surface area contributed by atoms with Crippen LogP contribution in [0.2, 0.25) is 0 Å². The summed E-state index contributed by atoms with van der Waals surface area (Å²) in [5, 5.41) is 5.56. The van der Waals surface area contributed by atoms with Crippen molar-refractivity contribution in [3.05, 3.63) is 64.8 Å². The molecule has 2 N–H and O–H groups in total. The molecule has 25 heavy (non-hydrogen) atoms. The fraction of sp³-hybridized carbons (Fsp3) is 0.250. The number of halogens is 1. The summed E-state index contributed by atoms with van der Waals surface area (Å²) in [6, 6.07) is 15.6. The summed E-state index contributed by atoms with van der Waals surface area (Å²) in [7, 11) is 0. The van der Waals surface area contributed by atoms with Crippen molar-refractivity contribution in [1.29, 1.82) is 0 Å². The highest BCUT2D eigenvalue weighted by Gasteiger charge is 2.10. The van der Waals surface area contributed by atoms with Gasteiger partial charge < -0.3 is 15.5 Å². The second-order valence-corrected chi connectivity index (χ2v) is 6.99. The van der Waals surface area contributed by atoms with Crippen LogP contribution >= 0.6 is 15.9 Å². The molecule has 0 aromatic heterocycles. The number of carbonyl (C=O) groups excluding carboxylic acids is 1. The number of anilines is 2. The number of nitrogens with zero attached hydrogens (tertiary/aromatic N) is 1. The summed E-state index contributed by atoms with van der Waals surface area (Å²) in [6.07, 6.45) is 7.33. The van der Waals surface area contributed by atoms with Crippen molar-refractivity contribution < 1.29 is 4.79 Å². The van der Waals surface area contributed by atoms with Crippen molar-refractivity contribution in [2.75, 3.05) is 23.3 Å². The molecule has 2 aromatic rings. The normalized spacial score (nSPS) is 14.5. The van der Waals surface area contributed by atoms with Gasteiger partial charge in [-0.1, -0.05) is 28.1 Å². The van der Waals surface area contributed by atoms with Crippen LogP contribution in [0, 0.1) is 0 Å². The van der Waals surface area contributed by atoms with Crippen LogP contribution in [0.3, 0.4) is 0 Å². The number of hydrogen-bond donors (Lipinski definition) is 2. The molecule has 1 saturated heterocycles. The molecule has 2 aromatic carbocycles. The van der Waals surface area contributed by atoms with Crippen molar-refractivity contribution in [2.24, 2.45) is 0 Å². The predicted octanol–water partition coefficient (Wildman–Crippen LogP) is 5.23. The molecule has 0 saturated carbocycles. The minimum Gasteiger partial charge on any atom is -0.372 e. The van der Waals surface area contributed by atoms with Gasteiger partial charge in [-0.25, -0.2) is 4.79 Å². The Morgan fingerprint density at radius 3 is 2.32 bits per heavy atom. The molecule has 0 unspecified atom stereocenters. The molecular weight excluding hydrogens is 378 g/mol. The lowest BCUT2D eigenvalue weighted by Gasteiger charge is -2.28. The first kappa shape index (κ1) is 17.5. The molecule has 5 heteroatoms. The zero-order valence-electron chi connectivity index (χ0n) is 14.0. The first-order valence-corrected chi connectivity index (χ1v) is 9.35. The fourth-order valence-electron chi connectivity index (χ4n) is 2.86. The molecule has 0 atom stereocenters. The second kappa shape index (κ2) is 8.72. The van der Waals surface area contributed by atoms with Crippen LogP contribution in [-0.2, 0) is 0 Å². The third-order valence-electron chi connectivity index (χ3n) is 4.21. The van der Waals surface area contributed by atoms with Gasteiger partial charge in [0.1, 0.15) is 0 Å². The van der Waals surface area contributed by atoms with Crippen molar-refractivity contribution >= 4 is 39.4 Å². The van der Waals surface area contributed by atoms with E-state index in [1.165, 1.54) is 24.9 Å². The number of carbonyl (C=O) groups is 1. The Morgan fingerprint density at radius 2 is 1.64 bits per heavy atom. The van der Waals surface area contributed by atoms with E-state index in [2.05, 4.69) is 43.6 Å². The first-order valence-electron chi connectivity index (χ1n) is 8.55. The molecule has 0 aliphatic carbocycles. The molecule has 1 fully saturated rings. The maximum absolute atomic E-state index is 12.0. The predicted molar refractivity (Wildman–Crippen MR) is 108 cm³/mol. The van der Waals surface area contributed by atoms with Crippen LogP contribution in [0.5, 0.6) is 0 Å². The van der Waals surface area contributed by atoms with Gasteiger partial charge in [-0.05, 0) is 67.3 Å². The van der Waals surface area contributed by atoms with Gasteiger partial charge in [-0.2, -0.15) is 0 Å². The van der Waals surface area contributed by atoms with Gasteiger partial charge in [0, 0.05) is 35.1 Å². The Morgan fingerprint density at radius 1 is 0.960 bits per heavy atom. The molecule has 0 radical (unpaired) electrons. The minimum absolute atomic E-state index is 0.251. The number of nitrogens with one attached hydrogen (secondary N) is 2. The third-order valence-corrected chi connectivity index (χ3v) is 4.74. The third kappa shape index (κ3) is 5.36. The van der Waals surface area contributed by atoms with Gasteiger partial charge in [0.15, 0.2) is 0 Å². The van der Waals surface area contributed by atoms with E-state index in [1.54, 1.807) is 6.20 Å². The van der Waals surface area contributed by atoms with Crippen molar-refractivity contribution in [3.63, 3.8) is 0 Å². The number of hydrogen-bond acceptors (Lipinski definition) is 2. The van der Waals surface area contributed by atoms with Crippen molar-refractivity contribution in [2.45, 2.75) is 19.3 Å². The highest BCUT2D eigenvalue weighted by Crippen LogP contribution is 2.21. The molecule has 3 rings (SSSR count). The van der Waals surface area contributed by atoms with Gasteiger partial charge >= 0.3 is 6.03 Å². The van der Waals surface area contributed by atoms with E-state index in [0.717, 1.165) is 28.8 Å². The quantitative estimate of drug-likeness (QED) is 0.738. The Balaban J connectivity index is 1.49. The summed E-state index contributed by atoms with van der Waals surface area (Å²) in [4.78, 5) is 14.3. The average molecular weight is 400 g/mol. The van der Waals surface area contributed by atoms with E-state index >= 15 is 0 Å². The highest BCUT2D eigenvalue weighted by molar-refractivity contribution is 9.10. The maximum Gasteiger partial charge on any atom is 0.323 e. The lowest BCUT2D eigenvalue weighted by Crippen LogP contribution is -2.29. The zero-order chi connectivity index (χ0) is 17.5. The SMILES string of the molecule is O=C(N/C=C/c1ccc(Br)cc1)Nc1ccc(N2CCCCC2)cc1. The van der Waals surface area contributed by atoms with E-state index in [4.69, 9.17) is 0 Å². The summed E-state index contributed by atoms with van der Waals surface area (Å²) < 4.78 is 1.03. The topological polar surface area (TPSA) is 44.4 Å². The largest absolute Gasteiger partial charge is 0.372 e. The second-order valence-electron chi connectivity index (χ2n) is 6.08. The summed E-state index contributed by atoms with van der Waals surface area (Å²) >= 11 is 3.40. The Kier molecular flexibility index (Phi) is 6.12. The Labute approximate surface area is 157 Å². The van der Waals surface area contributed by atoms with Gasteiger partial charge in [0.2, 0.25) is 0 Å². The molecule has 2 amide bonds. The lowest BCUT2D eigenvalue weighted by atomic mass is 10.1. The zero-order valence-corrected chi connectivity index (χ0v) is 15.6. The molecule has 1 aliphatic heterocycles. The number of urea groups is 1. The van der Waals surface area contributed by atoms with Crippen molar-refractivity contribution in [3.8, 4) is 0 Å². The minimum atomic E-state index is -0.251. The Hall–Kier alpha value is -2.27. The standard InChI is InChI=1S/C20H22BrN3O/c21-17-6-4-16(5-7-17)12-13-22-20(25)23-18-8-10-19(11-9-18)24-14-2-1-3-15-24/h4-13H,1-3,14-15H2,(H2,22,23,25)/b13-12+. The molecule has 0 bridgehead atoms. The summed E-state index contributed by atoms with van der Waals surface area (Å²) in [5.74, 6) is 0. The van der Waals surface area contributed by atoms with Crippen LogP contribution in [-0.4, -0.2) is 19.1 Å². The fourth-order valence-corrected chi connectivity index (χ4v) is 3.13.